The topological polar surface area (TPSA) is 107 Å². The van der Waals surface area contributed by atoms with Crippen LogP contribution < -0.4 is 10.6 Å². The summed E-state index contributed by atoms with van der Waals surface area (Å²) >= 11 is 0. The van der Waals surface area contributed by atoms with Crippen LogP contribution in [-0.2, 0) is 14.4 Å². The number of rotatable bonds is 8. The molecular formula is C30H37N5O3. The van der Waals surface area contributed by atoms with E-state index >= 15 is 0 Å². The van der Waals surface area contributed by atoms with Crippen LogP contribution in [0.4, 0.5) is 0 Å². The summed E-state index contributed by atoms with van der Waals surface area (Å²) in [4.78, 5) is 49.8. The third-order valence-electron chi connectivity index (χ3n) is 7.99. The summed E-state index contributed by atoms with van der Waals surface area (Å²) in [7, 11) is 0. The first-order valence-corrected chi connectivity index (χ1v) is 13.7. The second-order valence-electron chi connectivity index (χ2n) is 10.9. The average molecular weight is 516 g/mol. The van der Waals surface area contributed by atoms with Crippen molar-refractivity contribution >= 4 is 28.8 Å². The molecule has 1 aromatic heterocycles. The zero-order valence-electron chi connectivity index (χ0n) is 22.4. The first-order valence-electron chi connectivity index (χ1n) is 13.7. The van der Waals surface area contributed by atoms with E-state index in [-0.39, 0.29) is 42.0 Å². The zero-order chi connectivity index (χ0) is 26.8. The number of hydrogen-bond donors (Lipinski definition) is 3. The Morgan fingerprint density at radius 3 is 2.61 bits per heavy atom. The highest BCUT2D eigenvalue weighted by atomic mass is 16.2. The van der Waals surface area contributed by atoms with Crippen LogP contribution in [-0.4, -0.2) is 51.2 Å². The van der Waals surface area contributed by atoms with Gasteiger partial charge in [0.15, 0.2) is 0 Å². The number of para-hydroxylation sites is 1. The highest BCUT2D eigenvalue weighted by Crippen LogP contribution is 2.47. The molecule has 2 fully saturated rings. The van der Waals surface area contributed by atoms with Gasteiger partial charge in [0.2, 0.25) is 17.7 Å². The van der Waals surface area contributed by atoms with Crippen LogP contribution in [0.15, 0.2) is 48.5 Å². The van der Waals surface area contributed by atoms with E-state index in [1.54, 1.807) is 0 Å². The molecule has 3 aromatic rings. The van der Waals surface area contributed by atoms with Gasteiger partial charge in [-0.15, -0.1) is 0 Å². The van der Waals surface area contributed by atoms with E-state index in [9.17, 15) is 14.4 Å². The van der Waals surface area contributed by atoms with Crippen molar-refractivity contribution in [3.63, 3.8) is 0 Å². The molecule has 5 atom stereocenters. The van der Waals surface area contributed by atoms with E-state index < -0.39 is 12.1 Å². The van der Waals surface area contributed by atoms with Crippen molar-refractivity contribution in [1.82, 2.24) is 25.5 Å². The first-order chi connectivity index (χ1) is 18.3. The number of carbonyl (C=O) groups excluding carboxylic acids is 3. The van der Waals surface area contributed by atoms with E-state index in [2.05, 4.69) is 20.6 Å². The Morgan fingerprint density at radius 2 is 1.87 bits per heavy atom. The van der Waals surface area contributed by atoms with Gasteiger partial charge in [-0.1, -0.05) is 42.5 Å². The Hall–Kier alpha value is -3.68. The Bertz CT molecular complexity index is 1320. The molecule has 200 valence electrons. The van der Waals surface area contributed by atoms with Crippen molar-refractivity contribution in [1.29, 1.82) is 0 Å². The molecule has 0 spiro atoms. The lowest BCUT2D eigenvalue weighted by atomic mass is 10.0. The summed E-state index contributed by atoms with van der Waals surface area (Å²) in [5.41, 5.74) is 3.94. The maximum Gasteiger partial charge on any atom is 0.243 e. The zero-order valence-corrected chi connectivity index (χ0v) is 22.4. The highest BCUT2D eigenvalue weighted by Gasteiger charge is 2.45. The SMILES string of the molecule is Cc1cccc2[nH]c([C@H](C)NC(=O)[C@H](CC(=O)N3CCCC[C@@H]3C)NC(=O)[C@H]3C[C@@H]3c3ccccc3)nc12. The van der Waals surface area contributed by atoms with Crippen LogP contribution >= 0.6 is 0 Å². The molecule has 3 N–H and O–H groups in total. The van der Waals surface area contributed by atoms with Gasteiger partial charge in [0.25, 0.3) is 0 Å². The van der Waals surface area contributed by atoms with E-state index in [1.807, 2.05) is 74.2 Å². The van der Waals surface area contributed by atoms with Crippen molar-refractivity contribution in [2.24, 2.45) is 5.92 Å². The lowest BCUT2D eigenvalue weighted by Crippen LogP contribution is -2.52. The number of piperidine rings is 1. The Labute approximate surface area is 223 Å². The third-order valence-corrected chi connectivity index (χ3v) is 7.99. The molecule has 5 rings (SSSR count). The summed E-state index contributed by atoms with van der Waals surface area (Å²) in [6.07, 6.45) is 3.70. The summed E-state index contributed by atoms with van der Waals surface area (Å²) in [6.45, 7) is 6.58. The lowest BCUT2D eigenvalue weighted by Gasteiger charge is -2.34. The first kappa shape index (κ1) is 25.9. The standard InChI is InChI=1S/C30H37N5O3/c1-18-10-9-14-24-27(18)34-28(32-24)20(3)31-30(38)25(17-26(36)35-15-8-7-11-19(35)2)33-29(37)23-16-22(23)21-12-5-4-6-13-21/h4-6,9-10,12-14,19-20,22-23,25H,7-8,11,15-17H2,1-3H3,(H,31,38)(H,32,34)(H,33,37)/t19-,20-,22+,23-,25-/m0/s1. The number of nitrogens with one attached hydrogen (secondary N) is 3. The number of H-pyrrole nitrogens is 1. The normalized spacial score (nSPS) is 22.5. The van der Waals surface area contributed by atoms with Gasteiger partial charge in [-0.2, -0.15) is 0 Å². The van der Waals surface area contributed by atoms with Crippen LogP contribution in [0.2, 0.25) is 0 Å². The number of carbonyl (C=O) groups is 3. The van der Waals surface area contributed by atoms with E-state index in [1.165, 1.54) is 0 Å². The largest absolute Gasteiger partial charge is 0.345 e. The summed E-state index contributed by atoms with van der Waals surface area (Å²) in [6, 6.07) is 14.6. The van der Waals surface area contributed by atoms with Gasteiger partial charge in [-0.05, 0) is 69.6 Å². The van der Waals surface area contributed by atoms with Gasteiger partial charge < -0.3 is 20.5 Å². The number of amides is 3. The lowest BCUT2D eigenvalue weighted by molar-refractivity contribution is -0.138. The van der Waals surface area contributed by atoms with Gasteiger partial charge in [0, 0.05) is 18.5 Å². The van der Waals surface area contributed by atoms with Crippen molar-refractivity contribution in [2.75, 3.05) is 6.54 Å². The summed E-state index contributed by atoms with van der Waals surface area (Å²) in [5, 5.41) is 5.91. The molecule has 3 amide bonds. The van der Waals surface area contributed by atoms with Gasteiger partial charge in [-0.3, -0.25) is 14.4 Å². The quantitative estimate of drug-likeness (QED) is 0.419. The molecule has 0 bridgehead atoms. The molecule has 0 radical (unpaired) electrons. The van der Waals surface area contributed by atoms with Crippen LogP contribution in [0.5, 0.6) is 0 Å². The second-order valence-corrected chi connectivity index (χ2v) is 10.9. The number of fused-ring (bicyclic) bond motifs is 1. The molecule has 2 aromatic carbocycles. The number of likely N-dealkylation sites (tertiary alicyclic amines) is 1. The van der Waals surface area contributed by atoms with Gasteiger partial charge >= 0.3 is 0 Å². The number of imidazole rings is 1. The number of aromatic nitrogens is 2. The van der Waals surface area contributed by atoms with Gasteiger partial charge in [-0.25, -0.2) is 4.98 Å². The molecule has 38 heavy (non-hydrogen) atoms. The van der Waals surface area contributed by atoms with E-state index in [4.69, 9.17) is 0 Å². The predicted octanol–water partition coefficient (Wildman–Crippen LogP) is 4.13. The fourth-order valence-electron chi connectivity index (χ4n) is 5.58. The maximum atomic E-state index is 13.5. The smallest absolute Gasteiger partial charge is 0.243 e. The predicted molar refractivity (Wildman–Crippen MR) is 146 cm³/mol. The minimum Gasteiger partial charge on any atom is -0.345 e. The van der Waals surface area contributed by atoms with Crippen molar-refractivity contribution in [3.05, 3.63) is 65.5 Å². The Morgan fingerprint density at radius 1 is 1.08 bits per heavy atom. The molecule has 1 saturated heterocycles. The van der Waals surface area contributed by atoms with Crippen molar-refractivity contribution in [2.45, 2.75) is 76.9 Å². The molecule has 0 unspecified atom stereocenters. The number of benzene rings is 2. The van der Waals surface area contributed by atoms with Gasteiger partial charge in [0.05, 0.1) is 23.5 Å². The molecule has 8 heteroatoms. The minimum absolute atomic E-state index is 0.0589. The number of hydrogen-bond acceptors (Lipinski definition) is 4. The Kier molecular flexibility index (Phi) is 7.49. The van der Waals surface area contributed by atoms with Crippen molar-refractivity contribution in [3.8, 4) is 0 Å². The minimum atomic E-state index is -0.949. The molecule has 8 nitrogen and oxygen atoms in total. The van der Waals surface area contributed by atoms with Gasteiger partial charge in [0.1, 0.15) is 11.9 Å². The maximum absolute atomic E-state index is 13.5. The Balaban J connectivity index is 1.29. The van der Waals surface area contributed by atoms with Crippen LogP contribution in [0.3, 0.4) is 0 Å². The fraction of sp³-hybridized carbons (Fsp3) is 0.467. The fourth-order valence-corrected chi connectivity index (χ4v) is 5.58. The summed E-state index contributed by atoms with van der Waals surface area (Å²) in [5.74, 6) is -0.0542. The van der Waals surface area contributed by atoms with Crippen LogP contribution in [0.25, 0.3) is 11.0 Å². The molecule has 1 saturated carbocycles. The third kappa shape index (κ3) is 5.59. The number of aryl methyl sites for hydroxylation is 1. The highest BCUT2D eigenvalue weighted by molar-refractivity contribution is 5.93. The van der Waals surface area contributed by atoms with E-state index in [0.29, 0.717) is 12.4 Å². The average Bonchev–Trinajstić information content (AvgIpc) is 3.59. The molecule has 2 heterocycles. The van der Waals surface area contributed by atoms with Crippen molar-refractivity contribution < 1.29 is 14.4 Å². The molecule has 2 aliphatic rings. The number of nitrogens with zero attached hydrogens (tertiary/aromatic N) is 2. The molecular weight excluding hydrogens is 478 g/mol. The number of aromatic amines is 1. The monoisotopic (exact) mass is 515 g/mol. The molecule has 1 aliphatic carbocycles. The molecule has 1 aliphatic heterocycles. The summed E-state index contributed by atoms with van der Waals surface area (Å²) < 4.78 is 0. The van der Waals surface area contributed by atoms with E-state index in [0.717, 1.165) is 47.8 Å². The van der Waals surface area contributed by atoms with Crippen LogP contribution in [0.1, 0.15) is 74.9 Å². The van der Waals surface area contributed by atoms with Crippen LogP contribution in [0, 0.1) is 12.8 Å². The second kappa shape index (κ2) is 11.0.